The maximum Gasteiger partial charge on any atom is -0.00772 e. The molecule has 0 saturated heterocycles. The van der Waals surface area contributed by atoms with E-state index >= 15 is 0 Å². The number of unbranched alkanes of at least 4 members (excludes halogenated alkanes) is 1. The molecule has 0 aromatic carbocycles. The SMILES string of the molecule is NCCCCC1=CCC=CC1. The molecule has 0 bridgehead atoms. The maximum atomic E-state index is 5.41. The van der Waals surface area contributed by atoms with E-state index in [0.29, 0.717) is 0 Å². The van der Waals surface area contributed by atoms with Crippen LogP contribution in [0.3, 0.4) is 0 Å². The smallest absolute Gasteiger partial charge is 0.00772 e. The van der Waals surface area contributed by atoms with Gasteiger partial charge in [-0.15, -0.1) is 0 Å². The molecule has 0 heterocycles. The molecular formula is C10H17N. The molecule has 1 aliphatic rings. The Labute approximate surface area is 69.0 Å². The Morgan fingerprint density at radius 3 is 2.82 bits per heavy atom. The van der Waals surface area contributed by atoms with E-state index in [-0.39, 0.29) is 0 Å². The Morgan fingerprint density at radius 2 is 2.18 bits per heavy atom. The third kappa shape index (κ3) is 3.38. The van der Waals surface area contributed by atoms with Gasteiger partial charge in [-0.25, -0.2) is 0 Å². The Balaban J connectivity index is 2.11. The second-order valence-corrected chi connectivity index (χ2v) is 3.02. The Morgan fingerprint density at radius 1 is 1.27 bits per heavy atom. The fourth-order valence-corrected chi connectivity index (χ4v) is 1.35. The van der Waals surface area contributed by atoms with Crippen molar-refractivity contribution in [3.8, 4) is 0 Å². The summed E-state index contributed by atoms with van der Waals surface area (Å²) in [5.41, 5.74) is 7.01. The van der Waals surface area contributed by atoms with E-state index in [0.717, 1.165) is 13.0 Å². The van der Waals surface area contributed by atoms with E-state index in [4.69, 9.17) is 5.73 Å². The predicted octanol–water partition coefficient (Wildman–Crippen LogP) is 2.39. The monoisotopic (exact) mass is 151 g/mol. The molecule has 0 aromatic rings. The minimum atomic E-state index is 0.836. The Hall–Kier alpha value is -0.560. The molecule has 1 rings (SSSR count). The molecular weight excluding hydrogens is 134 g/mol. The normalized spacial score (nSPS) is 16.6. The third-order valence-corrected chi connectivity index (χ3v) is 2.04. The van der Waals surface area contributed by atoms with Gasteiger partial charge < -0.3 is 5.73 Å². The van der Waals surface area contributed by atoms with Gasteiger partial charge in [-0.2, -0.15) is 0 Å². The summed E-state index contributed by atoms with van der Waals surface area (Å²) in [5.74, 6) is 0. The molecule has 0 aromatic heterocycles. The van der Waals surface area contributed by atoms with Crippen LogP contribution in [0.25, 0.3) is 0 Å². The van der Waals surface area contributed by atoms with Crippen LogP contribution in [0, 0.1) is 0 Å². The van der Waals surface area contributed by atoms with Gasteiger partial charge in [-0.3, -0.25) is 0 Å². The van der Waals surface area contributed by atoms with Crippen molar-refractivity contribution in [1.82, 2.24) is 0 Å². The van der Waals surface area contributed by atoms with Crippen LogP contribution in [0.15, 0.2) is 23.8 Å². The first-order valence-electron chi connectivity index (χ1n) is 4.46. The summed E-state index contributed by atoms with van der Waals surface area (Å²) in [7, 11) is 0. The molecule has 0 amide bonds. The zero-order valence-corrected chi connectivity index (χ0v) is 7.05. The number of nitrogens with two attached hydrogens (primary N) is 1. The minimum Gasteiger partial charge on any atom is -0.330 e. The van der Waals surface area contributed by atoms with E-state index in [1.54, 1.807) is 5.57 Å². The van der Waals surface area contributed by atoms with E-state index in [1.165, 1.54) is 25.7 Å². The largest absolute Gasteiger partial charge is 0.330 e. The fraction of sp³-hybridized carbons (Fsp3) is 0.600. The summed E-state index contributed by atoms with van der Waals surface area (Å²) >= 11 is 0. The molecule has 0 atom stereocenters. The first-order chi connectivity index (χ1) is 5.43. The maximum absolute atomic E-state index is 5.41. The summed E-state index contributed by atoms with van der Waals surface area (Å²) in [6, 6.07) is 0. The van der Waals surface area contributed by atoms with Gasteiger partial charge in [0.15, 0.2) is 0 Å². The molecule has 0 aliphatic heterocycles. The Kier molecular flexibility index (Phi) is 3.99. The average Bonchev–Trinajstić information content (AvgIpc) is 2.07. The lowest BCUT2D eigenvalue weighted by Crippen LogP contribution is -1.98. The van der Waals surface area contributed by atoms with Gasteiger partial charge in [0.2, 0.25) is 0 Å². The summed E-state index contributed by atoms with van der Waals surface area (Å²) in [6.07, 6.45) is 12.8. The second-order valence-electron chi connectivity index (χ2n) is 3.02. The van der Waals surface area contributed by atoms with Crippen LogP contribution in [0.5, 0.6) is 0 Å². The highest BCUT2D eigenvalue weighted by atomic mass is 14.5. The highest BCUT2D eigenvalue weighted by Crippen LogP contribution is 2.16. The Bertz CT molecular complexity index is 156. The van der Waals surface area contributed by atoms with Crippen LogP contribution < -0.4 is 5.73 Å². The van der Waals surface area contributed by atoms with Crippen molar-refractivity contribution < 1.29 is 0 Å². The molecule has 0 fully saturated rings. The van der Waals surface area contributed by atoms with Crippen molar-refractivity contribution in [2.45, 2.75) is 32.1 Å². The number of rotatable bonds is 4. The molecule has 62 valence electrons. The third-order valence-electron chi connectivity index (χ3n) is 2.04. The second kappa shape index (κ2) is 5.14. The van der Waals surface area contributed by atoms with Crippen molar-refractivity contribution in [3.63, 3.8) is 0 Å². The summed E-state index contributed by atoms with van der Waals surface area (Å²) in [5, 5.41) is 0. The molecule has 1 heteroatoms. The molecule has 0 saturated carbocycles. The highest BCUT2D eigenvalue weighted by Gasteiger charge is 1.97. The quantitative estimate of drug-likeness (QED) is 0.484. The molecule has 0 unspecified atom stereocenters. The van der Waals surface area contributed by atoms with Crippen molar-refractivity contribution in [2.75, 3.05) is 6.54 Å². The first-order valence-corrected chi connectivity index (χ1v) is 4.46. The number of hydrogen-bond donors (Lipinski definition) is 1. The molecule has 11 heavy (non-hydrogen) atoms. The van der Waals surface area contributed by atoms with Crippen LogP contribution in [0.1, 0.15) is 32.1 Å². The fourth-order valence-electron chi connectivity index (χ4n) is 1.35. The van der Waals surface area contributed by atoms with Gasteiger partial charge in [0.25, 0.3) is 0 Å². The topological polar surface area (TPSA) is 26.0 Å². The van der Waals surface area contributed by atoms with Gasteiger partial charge in [-0.1, -0.05) is 23.8 Å². The lowest BCUT2D eigenvalue weighted by molar-refractivity contribution is 0.728. The van der Waals surface area contributed by atoms with Crippen LogP contribution in [0.2, 0.25) is 0 Å². The minimum absolute atomic E-state index is 0.836. The van der Waals surface area contributed by atoms with Gasteiger partial charge in [0, 0.05) is 0 Å². The molecule has 1 aliphatic carbocycles. The van der Waals surface area contributed by atoms with Gasteiger partial charge in [0.1, 0.15) is 0 Å². The molecule has 1 nitrogen and oxygen atoms in total. The highest BCUT2D eigenvalue weighted by molar-refractivity contribution is 5.14. The number of hydrogen-bond acceptors (Lipinski definition) is 1. The van der Waals surface area contributed by atoms with Crippen LogP contribution in [-0.2, 0) is 0 Å². The van der Waals surface area contributed by atoms with Gasteiger partial charge in [-0.05, 0) is 38.6 Å². The van der Waals surface area contributed by atoms with Crippen LogP contribution in [0.4, 0.5) is 0 Å². The molecule has 0 spiro atoms. The van der Waals surface area contributed by atoms with Crippen molar-refractivity contribution in [1.29, 1.82) is 0 Å². The van der Waals surface area contributed by atoms with E-state index in [9.17, 15) is 0 Å². The van der Waals surface area contributed by atoms with Crippen molar-refractivity contribution in [2.24, 2.45) is 5.73 Å². The van der Waals surface area contributed by atoms with Gasteiger partial charge in [0.05, 0.1) is 0 Å². The van der Waals surface area contributed by atoms with E-state index in [1.807, 2.05) is 0 Å². The van der Waals surface area contributed by atoms with Gasteiger partial charge >= 0.3 is 0 Å². The average molecular weight is 151 g/mol. The summed E-state index contributed by atoms with van der Waals surface area (Å²) in [6.45, 7) is 0.836. The predicted molar refractivity (Wildman–Crippen MR) is 49.4 cm³/mol. The van der Waals surface area contributed by atoms with E-state index in [2.05, 4.69) is 18.2 Å². The van der Waals surface area contributed by atoms with Crippen LogP contribution >= 0.6 is 0 Å². The summed E-state index contributed by atoms with van der Waals surface area (Å²) < 4.78 is 0. The van der Waals surface area contributed by atoms with Crippen molar-refractivity contribution >= 4 is 0 Å². The first kappa shape index (κ1) is 8.54. The summed E-state index contributed by atoms with van der Waals surface area (Å²) in [4.78, 5) is 0. The number of allylic oxidation sites excluding steroid dienone is 4. The zero-order valence-electron chi connectivity index (χ0n) is 7.05. The lowest BCUT2D eigenvalue weighted by atomic mass is 10.0. The lowest BCUT2D eigenvalue weighted by Gasteiger charge is -2.06. The zero-order chi connectivity index (χ0) is 7.94. The molecule has 2 N–H and O–H groups in total. The van der Waals surface area contributed by atoms with E-state index < -0.39 is 0 Å². The van der Waals surface area contributed by atoms with Crippen LogP contribution in [-0.4, -0.2) is 6.54 Å². The standard InChI is InChI=1S/C10H17N/c11-9-5-4-8-10-6-2-1-3-7-10/h1-2,7H,3-6,8-9,11H2. The van der Waals surface area contributed by atoms with Crippen molar-refractivity contribution in [3.05, 3.63) is 23.8 Å². The molecule has 0 radical (unpaired) electrons.